The first-order chi connectivity index (χ1) is 10.1. The van der Waals surface area contributed by atoms with Gasteiger partial charge in [-0.15, -0.1) is 0 Å². The van der Waals surface area contributed by atoms with E-state index >= 15 is 0 Å². The quantitative estimate of drug-likeness (QED) is 0.687. The molecule has 0 saturated heterocycles. The summed E-state index contributed by atoms with van der Waals surface area (Å²) in [6.07, 6.45) is 1.59. The van der Waals surface area contributed by atoms with E-state index in [0.29, 0.717) is 18.0 Å². The van der Waals surface area contributed by atoms with Crippen molar-refractivity contribution < 1.29 is 14.4 Å². The van der Waals surface area contributed by atoms with E-state index < -0.39 is 4.92 Å². The fraction of sp³-hybridized carbons (Fsp3) is 0.214. The minimum atomic E-state index is -0.442. The topological polar surface area (TPSA) is 86.5 Å². The molecule has 0 bridgehead atoms. The maximum atomic E-state index is 11.0. The number of nitrogens with one attached hydrogen (secondary N) is 1. The summed E-state index contributed by atoms with van der Waals surface area (Å²) in [5.74, 6) is 1.64. The second kappa shape index (κ2) is 5.28. The van der Waals surface area contributed by atoms with Crippen LogP contribution in [0, 0.1) is 17.0 Å². The van der Waals surface area contributed by atoms with Crippen molar-refractivity contribution in [2.45, 2.75) is 13.5 Å². The first-order valence-electron chi connectivity index (χ1n) is 6.37. The molecule has 3 rings (SSSR count). The number of hydrogen-bond donors (Lipinski definition) is 1. The van der Waals surface area contributed by atoms with Crippen LogP contribution in [0.15, 0.2) is 30.5 Å². The van der Waals surface area contributed by atoms with Gasteiger partial charge in [-0.05, 0) is 30.2 Å². The highest BCUT2D eigenvalue weighted by molar-refractivity contribution is 5.57. The molecule has 0 fully saturated rings. The lowest BCUT2D eigenvalue weighted by Crippen LogP contribution is -2.05. The van der Waals surface area contributed by atoms with Gasteiger partial charge in [0.2, 0.25) is 12.6 Å². The van der Waals surface area contributed by atoms with Crippen LogP contribution in [0.4, 0.5) is 11.5 Å². The molecule has 1 aliphatic rings. The summed E-state index contributed by atoms with van der Waals surface area (Å²) in [4.78, 5) is 14.7. The number of aromatic nitrogens is 1. The number of pyridine rings is 1. The Labute approximate surface area is 120 Å². The van der Waals surface area contributed by atoms with Crippen molar-refractivity contribution in [3.63, 3.8) is 0 Å². The number of hydrogen-bond acceptors (Lipinski definition) is 6. The lowest BCUT2D eigenvalue weighted by atomic mass is 10.2. The van der Waals surface area contributed by atoms with Crippen molar-refractivity contribution in [1.82, 2.24) is 4.98 Å². The molecule has 0 radical (unpaired) electrons. The van der Waals surface area contributed by atoms with E-state index in [0.717, 1.165) is 11.1 Å². The van der Waals surface area contributed by atoms with Crippen molar-refractivity contribution in [2.24, 2.45) is 0 Å². The zero-order valence-corrected chi connectivity index (χ0v) is 11.3. The van der Waals surface area contributed by atoms with Crippen LogP contribution in [-0.2, 0) is 6.54 Å². The summed E-state index contributed by atoms with van der Waals surface area (Å²) < 4.78 is 10.5. The number of aryl methyl sites for hydroxylation is 1. The molecular formula is C14H13N3O4. The van der Waals surface area contributed by atoms with Crippen LogP contribution >= 0.6 is 0 Å². The lowest BCUT2D eigenvalue weighted by molar-refractivity contribution is -0.384. The average molecular weight is 287 g/mol. The van der Waals surface area contributed by atoms with Crippen LogP contribution < -0.4 is 14.8 Å². The maximum Gasteiger partial charge on any atom is 0.311 e. The van der Waals surface area contributed by atoms with Gasteiger partial charge in [0.15, 0.2) is 11.5 Å². The van der Waals surface area contributed by atoms with Gasteiger partial charge in [0, 0.05) is 18.8 Å². The summed E-state index contributed by atoms with van der Waals surface area (Å²) in [7, 11) is 0. The molecule has 0 amide bonds. The van der Waals surface area contributed by atoms with Crippen LogP contribution in [0.25, 0.3) is 0 Å². The van der Waals surface area contributed by atoms with E-state index in [1.54, 1.807) is 13.1 Å². The van der Waals surface area contributed by atoms with E-state index in [-0.39, 0.29) is 18.3 Å². The SMILES string of the molecule is Cc1cnc(NCc2ccc3c(c2)OCO3)c([N+](=O)[O-])c1. The molecule has 0 atom stereocenters. The van der Waals surface area contributed by atoms with E-state index in [9.17, 15) is 10.1 Å². The molecular weight excluding hydrogens is 274 g/mol. The third-order valence-electron chi connectivity index (χ3n) is 3.10. The molecule has 1 N–H and O–H groups in total. The Kier molecular flexibility index (Phi) is 3.31. The number of nitro groups is 1. The summed E-state index contributed by atoms with van der Waals surface area (Å²) in [5.41, 5.74) is 1.64. The summed E-state index contributed by atoms with van der Waals surface area (Å²) in [6, 6.07) is 7.03. The van der Waals surface area contributed by atoms with Gasteiger partial charge in [0.05, 0.1) is 4.92 Å². The zero-order chi connectivity index (χ0) is 14.8. The second-order valence-electron chi connectivity index (χ2n) is 4.68. The Morgan fingerprint density at radius 2 is 2.14 bits per heavy atom. The number of rotatable bonds is 4. The molecule has 2 aromatic rings. The van der Waals surface area contributed by atoms with Gasteiger partial charge < -0.3 is 14.8 Å². The van der Waals surface area contributed by atoms with Crippen molar-refractivity contribution in [3.8, 4) is 11.5 Å². The van der Waals surface area contributed by atoms with Gasteiger partial charge in [-0.2, -0.15) is 0 Å². The highest BCUT2D eigenvalue weighted by atomic mass is 16.7. The molecule has 1 aromatic carbocycles. The Morgan fingerprint density at radius 1 is 1.33 bits per heavy atom. The molecule has 108 valence electrons. The number of ether oxygens (including phenoxy) is 2. The minimum Gasteiger partial charge on any atom is -0.454 e. The Morgan fingerprint density at radius 3 is 2.95 bits per heavy atom. The van der Waals surface area contributed by atoms with E-state index in [2.05, 4.69) is 10.3 Å². The van der Waals surface area contributed by atoms with Crippen molar-refractivity contribution in [2.75, 3.05) is 12.1 Å². The van der Waals surface area contributed by atoms with Gasteiger partial charge in [0.1, 0.15) is 0 Å². The Hall–Kier alpha value is -2.83. The zero-order valence-electron chi connectivity index (χ0n) is 11.3. The predicted octanol–water partition coefficient (Wildman–Crippen LogP) is 2.64. The molecule has 0 spiro atoms. The smallest absolute Gasteiger partial charge is 0.311 e. The van der Waals surface area contributed by atoms with E-state index in [1.807, 2.05) is 18.2 Å². The fourth-order valence-electron chi connectivity index (χ4n) is 2.07. The highest BCUT2D eigenvalue weighted by Gasteiger charge is 2.16. The van der Waals surface area contributed by atoms with Crippen LogP contribution in [0.3, 0.4) is 0 Å². The molecule has 1 aliphatic heterocycles. The first-order valence-corrected chi connectivity index (χ1v) is 6.37. The van der Waals surface area contributed by atoms with Gasteiger partial charge in [-0.1, -0.05) is 6.07 Å². The summed E-state index contributed by atoms with van der Waals surface area (Å²) >= 11 is 0. The third-order valence-corrected chi connectivity index (χ3v) is 3.10. The fourth-order valence-corrected chi connectivity index (χ4v) is 2.07. The van der Waals surface area contributed by atoms with Gasteiger partial charge >= 0.3 is 5.69 Å². The molecule has 21 heavy (non-hydrogen) atoms. The molecule has 2 heterocycles. The minimum absolute atomic E-state index is 0.0317. The Bertz CT molecular complexity index is 703. The maximum absolute atomic E-state index is 11.0. The van der Waals surface area contributed by atoms with Crippen LogP contribution in [0.5, 0.6) is 11.5 Å². The average Bonchev–Trinajstić information content (AvgIpc) is 2.93. The molecule has 0 aliphatic carbocycles. The lowest BCUT2D eigenvalue weighted by Gasteiger charge is -2.07. The van der Waals surface area contributed by atoms with Crippen molar-refractivity contribution in [3.05, 3.63) is 51.7 Å². The highest BCUT2D eigenvalue weighted by Crippen LogP contribution is 2.33. The van der Waals surface area contributed by atoms with Crippen LogP contribution in [0.2, 0.25) is 0 Å². The van der Waals surface area contributed by atoms with E-state index in [1.165, 1.54) is 6.07 Å². The van der Waals surface area contributed by atoms with Crippen molar-refractivity contribution >= 4 is 11.5 Å². The normalized spacial score (nSPS) is 12.2. The number of fused-ring (bicyclic) bond motifs is 1. The van der Waals surface area contributed by atoms with Gasteiger partial charge in [-0.3, -0.25) is 10.1 Å². The summed E-state index contributed by atoms with van der Waals surface area (Å²) in [5, 5.41) is 14.0. The van der Waals surface area contributed by atoms with Gasteiger partial charge in [0.25, 0.3) is 0 Å². The largest absolute Gasteiger partial charge is 0.454 e. The third kappa shape index (κ3) is 2.71. The van der Waals surface area contributed by atoms with Gasteiger partial charge in [-0.25, -0.2) is 4.98 Å². The molecule has 1 aromatic heterocycles. The monoisotopic (exact) mass is 287 g/mol. The molecule has 7 heteroatoms. The van der Waals surface area contributed by atoms with Crippen molar-refractivity contribution in [1.29, 1.82) is 0 Å². The van der Waals surface area contributed by atoms with E-state index in [4.69, 9.17) is 9.47 Å². The molecule has 0 unspecified atom stereocenters. The second-order valence-corrected chi connectivity index (χ2v) is 4.68. The molecule has 0 saturated carbocycles. The molecule has 7 nitrogen and oxygen atoms in total. The standard InChI is InChI=1S/C14H13N3O4/c1-9-4-11(17(18)19)14(15-6-9)16-7-10-2-3-12-13(5-10)21-8-20-12/h2-6H,7-8H2,1H3,(H,15,16). The van der Waals surface area contributed by atoms with Crippen LogP contribution in [-0.4, -0.2) is 16.7 Å². The Balaban J connectivity index is 1.77. The number of nitrogens with zero attached hydrogens (tertiary/aromatic N) is 2. The predicted molar refractivity (Wildman–Crippen MR) is 75.5 cm³/mol. The summed E-state index contributed by atoms with van der Waals surface area (Å²) in [6.45, 7) is 2.40. The number of benzene rings is 1. The van der Waals surface area contributed by atoms with Crippen LogP contribution in [0.1, 0.15) is 11.1 Å². The number of anilines is 1. The first kappa shape index (κ1) is 13.2.